The number of hydrogen-bond donors (Lipinski definition) is 1. The molecule has 1 amide bonds. The molecule has 2 rings (SSSR count). The molecule has 7 nitrogen and oxygen atoms in total. The number of amides is 1. The zero-order valence-electron chi connectivity index (χ0n) is 11.2. The van der Waals surface area contributed by atoms with Crippen LogP contribution in [0, 0.1) is 10.1 Å². The van der Waals surface area contributed by atoms with Crippen molar-refractivity contribution in [1.82, 2.24) is 4.90 Å². The summed E-state index contributed by atoms with van der Waals surface area (Å²) in [5.41, 5.74) is 5.79. The van der Waals surface area contributed by atoms with Crippen LogP contribution in [-0.4, -0.2) is 41.5 Å². The second kappa shape index (κ2) is 5.87. The molecule has 20 heavy (non-hydrogen) atoms. The first-order valence-electron chi connectivity index (χ1n) is 6.44. The summed E-state index contributed by atoms with van der Waals surface area (Å²) in [5, 5.41) is 10.7. The Labute approximate surface area is 116 Å². The molecule has 0 spiro atoms. The summed E-state index contributed by atoms with van der Waals surface area (Å²) >= 11 is 0. The molecule has 1 heterocycles. The van der Waals surface area contributed by atoms with Crippen LogP contribution in [0.15, 0.2) is 18.2 Å². The highest BCUT2D eigenvalue weighted by atomic mass is 16.6. The fourth-order valence-corrected chi connectivity index (χ4v) is 2.22. The summed E-state index contributed by atoms with van der Waals surface area (Å²) < 4.78 is 5.49. The largest absolute Gasteiger partial charge is 0.393 e. The Balaban J connectivity index is 2.20. The Bertz CT molecular complexity index is 532. The van der Waals surface area contributed by atoms with Crippen molar-refractivity contribution in [2.75, 3.05) is 25.4 Å². The van der Waals surface area contributed by atoms with Gasteiger partial charge in [-0.15, -0.1) is 0 Å². The van der Waals surface area contributed by atoms with Crippen molar-refractivity contribution in [3.63, 3.8) is 0 Å². The molecule has 1 atom stereocenters. The Morgan fingerprint density at radius 2 is 2.30 bits per heavy atom. The maximum Gasteiger partial charge on any atom is 0.292 e. The van der Waals surface area contributed by atoms with Crippen molar-refractivity contribution in [1.29, 1.82) is 0 Å². The summed E-state index contributed by atoms with van der Waals surface area (Å²) in [6, 6.07) is 4.06. The molecule has 0 radical (unpaired) electrons. The van der Waals surface area contributed by atoms with Crippen LogP contribution < -0.4 is 5.73 Å². The van der Waals surface area contributed by atoms with E-state index in [1.165, 1.54) is 18.2 Å². The number of ether oxygens (including phenoxy) is 1. The van der Waals surface area contributed by atoms with Crippen LogP contribution in [0.1, 0.15) is 23.7 Å². The van der Waals surface area contributed by atoms with Gasteiger partial charge in [0.1, 0.15) is 5.69 Å². The van der Waals surface area contributed by atoms with E-state index >= 15 is 0 Å². The summed E-state index contributed by atoms with van der Waals surface area (Å²) in [5.74, 6) is -0.177. The molecule has 7 heteroatoms. The molecule has 1 aliphatic heterocycles. The minimum absolute atomic E-state index is 0.0000274. The Morgan fingerprint density at radius 1 is 1.55 bits per heavy atom. The third kappa shape index (κ3) is 3.05. The van der Waals surface area contributed by atoms with Gasteiger partial charge in [0, 0.05) is 31.3 Å². The molecule has 1 aromatic carbocycles. The van der Waals surface area contributed by atoms with Gasteiger partial charge in [-0.05, 0) is 25.5 Å². The lowest BCUT2D eigenvalue weighted by Gasteiger charge is -2.22. The van der Waals surface area contributed by atoms with E-state index in [4.69, 9.17) is 10.5 Å². The van der Waals surface area contributed by atoms with Gasteiger partial charge in [-0.1, -0.05) is 0 Å². The topological polar surface area (TPSA) is 98.7 Å². The SMILES string of the molecule is CC1CN(C(=O)c2ccc([N+](=O)[O-])c(N)c2)CCCO1. The number of benzene rings is 1. The van der Waals surface area contributed by atoms with Gasteiger partial charge in [-0.2, -0.15) is 0 Å². The molecule has 108 valence electrons. The smallest absolute Gasteiger partial charge is 0.292 e. The fraction of sp³-hybridized carbons (Fsp3) is 0.462. The number of nitrogens with two attached hydrogens (primary N) is 1. The average Bonchev–Trinajstić information content (AvgIpc) is 2.62. The number of nitro benzene ring substituents is 1. The summed E-state index contributed by atoms with van der Waals surface area (Å²) in [6.45, 7) is 3.67. The number of nitrogen functional groups attached to an aromatic ring is 1. The van der Waals surface area contributed by atoms with Gasteiger partial charge in [0.2, 0.25) is 0 Å². The molecule has 0 saturated carbocycles. The average molecular weight is 279 g/mol. The summed E-state index contributed by atoms with van der Waals surface area (Å²) in [6.07, 6.45) is 0.760. The molecular formula is C13H17N3O4. The van der Waals surface area contributed by atoms with Crippen LogP contribution in [-0.2, 0) is 4.74 Å². The van der Waals surface area contributed by atoms with Gasteiger partial charge in [-0.3, -0.25) is 14.9 Å². The van der Waals surface area contributed by atoms with Crippen molar-refractivity contribution in [2.45, 2.75) is 19.4 Å². The first-order chi connectivity index (χ1) is 9.49. The number of nitrogens with zero attached hydrogens (tertiary/aromatic N) is 2. The first kappa shape index (κ1) is 14.3. The van der Waals surface area contributed by atoms with Crippen LogP contribution in [0.25, 0.3) is 0 Å². The van der Waals surface area contributed by atoms with Crippen LogP contribution in [0.2, 0.25) is 0 Å². The van der Waals surface area contributed by atoms with Crippen LogP contribution in [0.3, 0.4) is 0 Å². The minimum atomic E-state index is -0.564. The summed E-state index contributed by atoms with van der Waals surface area (Å²) in [7, 11) is 0. The molecule has 1 fully saturated rings. The predicted molar refractivity (Wildman–Crippen MR) is 73.4 cm³/mol. The minimum Gasteiger partial charge on any atom is -0.393 e. The molecule has 1 saturated heterocycles. The quantitative estimate of drug-likeness (QED) is 0.501. The Hall–Kier alpha value is -2.15. The standard InChI is InChI=1S/C13H17N3O4/c1-9-8-15(5-2-6-20-9)13(17)10-3-4-12(16(18)19)11(14)7-10/h3-4,7,9H,2,5-6,8,14H2,1H3. The molecule has 0 bridgehead atoms. The van der Waals surface area contributed by atoms with E-state index in [2.05, 4.69) is 0 Å². The van der Waals surface area contributed by atoms with E-state index in [1.54, 1.807) is 4.90 Å². The fourth-order valence-electron chi connectivity index (χ4n) is 2.22. The Kier molecular flexibility index (Phi) is 4.19. The van der Waals surface area contributed by atoms with E-state index in [1.807, 2.05) is 6.92 Å². The van der Waals surface area contributed by atoms with Crippen molar-refractivity contribution in [3.8, 4) is 0 Å². The highest BCUT2D eigenvalue weighted by Gasteiger charge is 2.22. The second-order valence-corrected chi connectivity index (χ2v) is 4.82. The normalized spacial score (nSPS) is 19.4. The van der Waals surface area contributed by atoms with Crippen molar-refractivity contribution < 1.29 is 14.5 Å². The van der Waals surface area contributed by atoms with Crippen LogP contribution in [0.4, 0.5) is 11.4 Å². The van der Waals surface area contributed by atoms with E-state index in [9.17, 15) is 14.9 Å². The molecular weight excluding hydrogens is 262 g/mol. The highest BCUT2D eigenvalue weighted by Crippen LogP contribution is 2.23. The van der Waals surface area contributed by atoms with Gasteiger partial charge in [-0.25, -0.2) is 0 Å². The lowest BCUT2D eigenvalue weighted by Crippen LogP contribution is -2.35. The lowest BCUT2D eigenvalue weighted by atomic mass is 10.1. The van der Waals surface area contributed by atoms with Crippen molar-refractivity contribution in [3.05, 3.63) is 33.9 Å². The third-order valence-electron chi connectivity index (χ3n) is 3.21. The number of nitro groups is 1. The van der Waals surface area contributed by atoms with E-state index in [0.29, 0.717) is 25.3 Å². The zero-order chi connectivity index (χ0) is 14.7. The molecule has 1 unspecified atom stereocenters. The molecule has 0 aromatic heterocycles. The molecule has 1 aromatic rings. The van der Waals surface area contributed by atoms with E-state index in [0.717, 1.165) is 6.42 Å². The number of carbonyl (C=O) groups excluding carboxylic acids is 1. The maximum atomic E-state index is 12.4. The zero-order valence-corrected chi connectivity index (χ0v) is 11.2. The first-order valence-corrected chi connectivity index (χ1v) is 6.44. The number of anilines is 1. The molecule has 1 aliphatic rings. The van der Waals surface area contributed by atoms with Gasteiger partial charge in [0.05, 0.1) is 11.0 Å². The summed E-state index contributed by atoms with van der Waals surface area (Å²) in [4.78, 5) is 24.2. The van der Waals surface area contributed by atoms with Gasteiger partial charge in [0.15, 0.2) is 0 Å². The van der Waals surface area contributed by atoms with Gasteiger partial charge < -0.3 is 15.4 Å². The van der Waals surface area contributed by atoms with Crippen LogP contribution in [0.5, 0.6) is 0 Å². The van der Waals surface area contributed by atoms with Gasteiger partial charge in [0.25, 0.3) is 11.6 Å². The number of carbonyl (C=O) groups is 1. The second-order valence-electron chi connectivity index (χ2n) is 4.82. The molecule has 2 N–H and O–H groups in total. The van der Waals surface area contributed by atoms with Crippen molar-refractivity contribution in [2.24, 2.45) is 0 Å². The Morgan fingerprint density at radius 3 is 2.95 bits per heavy atom. The van der Waals surface area contributed by atoms with Crippen molar-refractivity contribution >= 4 is 17.3 Å². The highest BCUT2D eigenvalue weighted by molar-refractivity contribution is 5.95. The van der Waals surface area contributed by atoms with E-state index < -0.39 is 4.92 Å². The lowest BCUT2D eigenvalue weighted by molar-refractivity contribution is -0.383. The maximum absolute atomic E-state index is 12.4. The monoisotopic (exact) mass is 279 g/mol. The number of hydrogen-bond acceptors (Lipinski definition) is 5. The third-order valence-corrected chi connectivity index (χ3v) is 3.21. The predicted octanol–water partition coefficient (Wildman–Crippen LogP) is 1.43. The van der Waals surface area contributed by atoms with E-state index in [-0.39, 0.29) is 23.4 Å². The van der Waals surface area contributed by atoms with Crippen LogP contribution >= 0.6 is 0 Å². The molecule has 0 aliphatic carbocycles. The van der Waals surface area contributed by atoms with Gasteiger partial charge >= 0.3 is 0 Å². The number of rotatable bonds is 2.